The van der Waals surface area contributed by atoms with Crippen LogP contribution in [0.2, 0.25) is 0 Å². The van der Waals surface area contributed by atoms with Crippen LogP contribution < -0.4 is 5.32 Å². The summed E-state index contributed by atoms with van der Waals surface area (Å²) in [4.78, 5) is 24.9. The number of carbonyl (C=O) groups is 2. The zero-order chi connectivity index (χ0) is 17.0. The molecule has 0 aliphatic heterocycles. The molecular weight excluding hydrogens is 299 g/mol. The highest BCUT2D eigenvalue weighted by atomic mass is 19.1. The molecule has 1 fully saturated rings. The third-order valence-electron chi connectivity index (χ3n) is 4.46. The topological polar surface area (TPSA) is 69.6 Å². The molecule has 6 heteroatoms. The molecule has 0 heterocycles. The number of amides is 1. The highest BCUT2D eigenvalue weighted by molar-refractivity contribution is 5.83. The third kappa shape index (κ3) is 4.51. The van der Waals surface area contributed by atoms with E-state index in [9.17, 15) is 14.0 Å². The van der Waals surface area contributed by atoms with Gasteiger partial charge in [-0.25, -0.2) is 4.39 Å². The third-order valence-corrected chi connectivity index (χ3v) is 4.46. The number of rotatable bonds is 7. The number of likely N-dealkylation sites (N-methyl/N-ethyl adjacent to an activating group) is 1. The number of carbonyl (C=O) groups excluding carboxylic acids is 1. The Hall–Kier alpha value is -1.95. The number of nitrogens with one attached hydrogen (secondary N) is 1. The Kier molecular flexibility index (Phi) is 5.71. The van der Waals surface area contributed by atoms with E-state index in [1.165, 1.54) is 12.1 Å². The van der Waals surface area contributed by atoms with Crippen LogP contribution in [0.5, 0.6) is 0 Å². The molecule has 0 radical (unpaired) electrons. The predicted molar refractivity (Wildman–Crippen MR) is 84.7 cm³/mol. The summed E-state index contributed by atoms with van der Waals surface area (Å²) in [6.07, 6.45) is 1.51. The van der Waals surface area contributed by atoms with Crippen LogP contribution in [0.15, 0.2) is 24.3 Å². The second kappa shape index (κ2) is 7.55. The van der Waals surface area contributed by atoms with E-state index in [4.69, 9.17) is 5.11 Å². The Bertz CT molecular complexity index is 573. The van der Waals surface area contributed by atoms with E-state index in [2.05, 4.69) is 5.32 Å². The van der Waals surface area contributed by atoms with E-state index in [0.29, 0.717) is 12.1 Å². The van der Waals surface area contributed by atoms with Crippen molar-refractivity contribution in [2.24, 2.45) is 0 Å². The summed E-state index contributed by atoms with van der Waals surface area (Å²) < 4.78 is 13.2. The number of aliphatic carboxylic acids is 1. The second-order valence-corrected chi connectivity index (χ2v) is 6.06. The molecule has 1 atom stereocenters. The number of halogens is 1. The van der Waals surface area contributed by atoms with E-state index in [1.54, 1.807) is 19.1 Å². The van der Waals surface area contributed by atoms with Crippen molar-refractivity contribution >= 4 is 11.9 Å². The molecule has 1 unspecified atom stereocenters. The molecule has 1 amide bonds. The number of nitrogens with zero attached hydrogens (tertiary/aromatic N) is 1. The fraction of sp³-hybridized carbons (Fsp3) is 0.529. The first kappa shape index (κ1) is 17.4. The molecular formula is C17H23FN2O3. The van der Waals surface area contributed by atoms with Crippen molar-refractivity contribution < 1.29 is 19.1 Å². The first-order valence-corrected chi connectivity index (χ1v) is 7.92. The average molecular weight is 322 g/mol. The number of hydrogen-bond acceptors (Lipinski definition) is 3. The van der Waals surface area contributed by atoms with Crippen LogP contribution in [-0.2, 0) is 9.59 Å². The van der Waals surface area contributed by atoms with E-state index in [1.807, 2.05) is 11.8 Å². The summed E-state index contributed by atoms with van der Waals surface area (Å²) >= 11 is 0. The van der Waals surface area contributed by atoms with Crippen LogP contribution in [0, 0.1) is 5.82 Å². The molecule has 0 bridgehead atoms. The van der Waals surface area contributed by atoms with Crippen LogP contribution in [0.4, 0.5) is 4.39 Å². The Labute approximate surface area is 135 Å². The van der Waals surface area contributed by atoms with Crippen molar-refractivity contribution in [3.63, 3.8) is 0 Å². The van der Waals surface area contributed by atoms with Crippen LogP contribution >= 0.6 is 0 Å². The Morgan fingerprint density at radius 1 is 1.43 bits per heavy atom. The van der Waals surface area contributed by atoms with Gasteiger partial charge in [-0.1, -0.05) is 19.1 Å². The number of benzene rings is 1. The van der Waals surface area contributed by atoms with Gasteiger partial charge < -0.3 is 10.4 Å². The lowest BCUT2D eigenvalue weighted by Gasteiger charge is -2.42. The molecule has 1 aliphatic rings. The van der Waals surface area contributed by atoms with Gasteiger partial charge >= 0.3 is 5.97 Å². The molecule has 0 saturated heterocycles. The molecule has 5 nitrogen and oxygen atoms in total. The van der Waals surface area contributed by atoms with Gasteiger partial charge in [-0.3, -0.25) is 14.5 Å². The maximum Gasteiger partial charge on any atom is 0.317 e. The van der Waals surface area contributed by atoms with Crippen LogP contribution in [0.1, 0.15) is 38.2 Å². The fourth-order valence-corrected chi connectivity index (χ4v) is 2.93. The van der Waals surface area contributed by atoms with Gasteiger partial charge in [0.1, 0.15) is 5.82 Å². The maximum atomic E-state index is 13.2. The quantitative estimate of drug-likeness (QED) is 0.805. The zero-order valence-corrected chi connectivity index (χ0v) is 13.5. The molecule has 1 aliphatic carbocycles. The maximum absolute atomic E-state index is 13.2. The van der Waals surface area contributed by atoms with E-state index >= 15 is 0 Å². The average Bonchev–Trinajstić information content (AvgIpc) is 2.47. The fourth-order valence-electron chi connectivity index (χ4n) is 2.93. The minimum Gasteiger partial charge on any atom is -0.480 e. The lowest BCUT2D eigenvalue weighted by Crippen LogP contribution is -2.55. The minimum absolute atomic E-state index is 0.0293. The molecule has 2 rings (SSSR count). The second-order valence-electron chi connectivity index (χ2n) is 6.06. The molecule has 2 N–H and O–H groups in total. The van der Waals surface area contributed by atoms with Crippen molar-refractivity contribution in [3.8, 4) is 0 Å². The van der Waals surface area contributed by atoms with Gasteiger partial charge in [0.15, 0.2) is 0 Å². The normalized spacial score (nSPS) is 21.6. The highest BCUT2D eigenvalue weighted by Gasteiger charge is 2.35. The standard InChI is InChI=1S/C17H23FN2O3/c1-3-20(10-16(21)22)15-8-14(9-15)19-17(23)11(2)12-5-4-6-13(18)7-12/h4-7,11,14-15H,3,8-10H2,1-2H3,(H,19,23)(H,21,22). The number of hydrogen-bond donors (Lipinski definition) is 2. The first-order chi connectivity index (χ1) is 10.9. The van der Waals surface area contributed by atoms with Crippen LogP contribution in [0.3, 0.4) is 0 Å². The molecule has 23 heavy (non-hydrogen) atoms. The van der Waals surface area contributed by atoms with Gasteiger partial charge in [0.05, 0.1) is 12.5 Å². The molecule has 126 valence electrons. The molecule has 0 spiro atoms. The van der Waals surface area contributed by atoms with Gasteiger partial charge in [-0.15, -0.1) is 0 Å². The van der Waals surface area contributed by atoms with Gasteiger partial charge in [-0.05, 0) is 44.0 Å². The van der Waals surface area contributed by atoms with E-state index in [-0.39, 0.29) is 30.4 Å². The summed E-state index contributed by atoms with van der Waals surface area (Å²) in [6, 6.07) is 6.32. The van der Waals surface area contributed by atoms with Crippen molar-refractivity contribution in [1.29, 1.82) is 0 Å². The molecule has 0 aromatic heterocycles. The van der Waals surface area contributed by atoms with Gasteiger partial charge in [0.25, 0.3) is 0 Å². The van der Waals surface area contributed by atoms with Crippen molar-refractivity contribution in [1.82, 2.24) is 10.2 Å². The summed E-state index contributed by atoms with van der Waals surface area (Å²) in [5.74, 6) is -1.72. The van der Waals surface area contributed by atoms with Gasteiger partial charge in [0, 0.05) is 12.1 Å². The number of carboxylic acid groups (broad SMARTS) is 1. The summed E-state index contributed by atoms with van der Waals surface area (Å²) in [7, 11) is 0. The lowest BCUT2D eigenvalue weighted by atomic mass is 9.84. The van der Waals surface area contributed by atoms with Crippen molar-refractivity contribution in [2.45, 2.75) is 44.7 Å². The summed E-state index contributed by atoms with van der Waals surface area (Å²) in [5, 5.41) is 11.8. The van der Waals surface area contributed by atoms with Crippen molar-refractivity contribution in [2.75, 3.05) is 13.1 Å². The van der Waals surface area contributed by atoms with Crippen molar-refractivity contribution in [3.05, 3.63) is 35.6 Å². The Morgan fingerprint density at radius 3 is 2.70 bits per heavy atom. The SMILES string of the molecule is CCN(CC(=O)O)C1CC(NC(=O)C(C)c2cccc(F)c2)C1. The van der Waals surface area contributed by atoms with Crippen LogP contribution in [-0.4, -0.2) is 47.1 Å². The minimum atomic E-state index is -0.834. The predicted octanol–water partition coefficient (Wildman–Crippen LogP) is 1.98. The Morgan fingerprint density at radius 2 is 2.13 bits per heavy atom. The zero-order valence-electron chi connectivity index (χ0n) is 13.5. The van der Waals surface area contributed by atoms with E-state index < -0.39 is 11.9 Å². The number of carboxylic acids is 1. The smallest absolute Gasteiger partial charge is 0.317 e. The first-order valence-electron chi connectivity index (χ1n) is 7.92. The molecule has 1 aromatic rings. The van der Waals surface area contributed by atoms with Crippen LogP contribution in [0.25, 0.3) is 0 Å². The largest absolute Gasteiger partial charge is 0.480 e. The van der Waals surface area contributed by atoms with Gasteiger partial charge in [0.2, 0.25) is 5.91 Å². The highest BCUT2D eigenvalue weighted by Crippen LogP contribution is 2.26. The molecule has 1 aromatic carbocycles. The summed E-state index contributed by atoms with van der Waals surface area (Å²) in [6.45, 7) is 4.39. The monoisotopic (exact) mass is 322 g/mol. The lowest BCUT2D eigenvalue weighted by molar-refractivity contribution is -0.139. The van der Waals surface area contributed by atoms with Gasteiger partial charge in [-0.2, -0.15) is 0 Å². The Balaban J connectivity index is 1.83. The van der Waals surface area contributed by atoms with E-state index in [0.717, 1.165) is 12.8 Å². The summed E-state index contributed by atoms with van der Waals surface area (Å²) in [5.41, 5.74) is 0.652. The molecule has 1 saturated carbocycles.